The number of hydrogen-bond acceptors (Lipinski definition) is 3. The van der Waals surface area contributed by atoms with Crippen molar-refractivity contribution in [1.82, 2.24) is 0 Å². The van der Waals surface area contributed by atoms with Gasteiger partial charge in [0.2, 0.25) is 0 Å². The quantitative estimate of drug-likeness (QED) is 0.922. The van der Waals surface area contributed by atoms with Crippen molar-refractivity contribution in [3.63, 3.8) is 0 Å². The number of fused-ring (bicyclic) bond motifs is 1. The molecular weight excluding hydrogens is 273 g/mol. The molecule has 4 nitrogen and oxygen atoms in total. The zero-order valence-corrected chi connectivity index (χ0v) is 11.3. The molecule has 1 aliphatic rings. The van der Waals surface area contributed by atoms with Crippen LogP contribution < -0.4 is 14.8 Å². The van der Waals surface area contributed by atoms with Crippen LogP contribution in [0.25, 0.3) is 0 Å². The minimum Gasteiger partial charge on any atom is -0.490 e. The molecule has 0 fully saturated rings. The number of hydrogen-bond donors (Lipinski definition) is 1. The average molecular weight is 287 g/mol. The highest BCUT2D eigenvalue weighted by atomic mass is 19.1. The molecule has 1 aliphatic heterocycles. The lowest BCUT2D eigenvalue weighted by Crippen LogP contribution is -2.12. The third-order valence-electron chi connectivity index (χ3n) is 3.09. The van der Waals surface area contributed by atoms with Gasteiger partial charge in [0.25, 0.3) is 5.91 Å². The maximum absolute atomic E-state index is 13.1. The Balaban J connectivity index is 1.80. The summed E-state index contributed by atoms with van der Waals surface area (Å²) in [5.74, 6) is 0.469. The Morgan fingerprint density at radius 1 is 1.05 bits per heavy atom. The Bertz CT molecular complexity index is 672. The van der Waals surface area contributed by atoms with Crippen LogP contribution in [0.3, 0.4) is 0 Å². The van der Waals surface area contributed by atoms with Crippen LogP contribution in [-0.4, -0.2) is 19.1 Å². The van der Waals surface area contributed by atoms with Crippen molar-refractivity contribution < 1.29 is 18.7 Å². The van der Waals surface area contributed by atoms with Crippen molar-refractivity contribution in [3.05, 3.63) is 53.8 Å². The van der Waals surface area contributed by atoms with Gasteiger partial charge in [-0.05, 0) is 36.4 Å². The van der Waals surface area contributed by atoms with E-state index in [-0.39, 0.29) is 5.91 Å². The summed E-state index contributed by atoms with van der Waals surface area (Å²) in [6.45, 7) is 1.16. The molecular formula is C16H14FNO3. The molecule has 0 saturated heterocycles. The molecule has 0 radical (unpaired) electrons. The number of carbonyl (C=O) groups excluding carboxylic acids is 1. The van der Waals surface area contributed by atoms with Gasteiger partial charge in [-0.25, -0.2) is 4.39 Å². The molecule has 1 heterocycles. The number of carbonyl (C=O) groups is 1. The van der Waals surface area contributed by atoms with Crippen LogP contribution in [-0.2, 0) is 0 Å². The van der Waals surface area contributed by atoms with Crippen molar-refractivity contribution >= 4 is 11.6 Å². The Morgan fingerprint density at radius 3 is 2.67 bits per heavy atom. The molecule has 2 aromatic carbocycles. The maximum Gasteiger partial charge on any atom is 0.255 e. The molecule has 0 saturated carbocycles. The smallest absolute Gasteiger partial charge is 0.255 e. The largest absolute Gasteiger partial charge is 0.490 e. The van der Waals surface area contributed by atoms with Crippen LogP contribution >= 0.6 is 0 Å². The Hall–Kier alpha value is -2.56. The Kier molecular flexibility index (Phi) is 3.73. The third kappa shape index (κ3) is 3.13. The fourth-order valence-corrected chi connectivity index (χ4v) is 2.07. The average Bonchev–Trinajstić information content (AvgIpc) is 2.71. The minimum absolute atomic E-state index is 0.323. The molecule has 1 amide bonds. The van der Waals surface area contributed by atoms with Crippen molar-refractivity contribution in [2.24, 2.45) is 0 Å². The number of nitrogens with one attached hydrogen (secondary N) is 1. The second-order valence-electron chi connectivity index (χ2n) is 4.68. The first-order valence-electron chi connectivity index (χ1n) is 6.69. The van der Waals surface area contributed by atoms with Gasteiger partial charge in [-0.1, -0.05) is 6.07 Å². The van der Waals surface area contributed by atoms with Crippen LogP contribution in [0.1, 0.15) is 16.8 Å². The normalized spacial score (nSPS) is 13.4. The van der Waals surface area contributed by atoms with Gasteiger partial charge in [-0.2, -0.15) is 0 Å². The first-order chi connectivity index (χ1) is 10.2. The van der Waals surface area contributed by atoms with Gasteiger partial charge in [-0.15, -0.1) is 0 Å². The fraction of sp³-hybridized carbons (Fsp3) is 0.188. The topological polar surface area (TPSA) is 47.6 Å². The van der Waals surface area contributed by atoms with E-state index in [9.17, 15) is 9.18 Å². The van der Waals surface area contributed by atoms with E-state index in [0.717, 1.165) is 6.42 Å². The zero-order chi connectivity index (χ0) is 14.7. The van der Waals surface area contributed by atoms with E-state index in [4.69, 9.17) is 9.47 Å². The standard InChI is InChI=1S/C16H14FNO3/c17-12-3-1-4-13(10-12)18-16(19)11-5-6-14-15(9-11)21-8-2-7-20-14/h1,3-6,9-10H,2,7-8H2,(H,18,19). The molecule has 0 aliphatic carbocycles. The van der Waals surface area contributed by atoms with Crippen LogP contribution in [0.5, 0.6) is 11.5 Å². The molecule has 3 rings (SSSR count). The van der Waals surface area contributed by atoms with Crippen molar-refractivity contribution in [2.45, 2.75) is 6.42 Å². The minimum atomic E-state index is -0.397. The molecule has 1 N–H and O–H groups in total. The summed E-state index contributed by atoms with van der Waals surface area (Å²) in [4.78, 5) is 12.2. The lowest BCUT2D eigenvalue weighted by molar-refractivity contribution is 0.102. The Morgan fingerprint density at radius 2 is 1.86 bits per heavy atom. The number of ether oxygens (including phenoxy) is 2. The molecule has 108 valence electrons. The molecule has 0 atom stereocenters. The highest BCUT2D eigenvalue weighted by Crippen LogP contribution is 2.30. The van der Waals surface area contributed by atoms with E-state index in [1.54, 1.807) is 30.3 Å². The highest BCUT2D eigenvalue weighted by Gasteiger charge is 2.14. The summed E-state index contributed by atoms with van der Waals surface area (Å²) in [5, 5.41) is 2.65. The molecule has 0 unspecified atom stereocenters. The molecule has 0 aromatic heterocycles. The number of benzene rings is 2. The van der Waals surface area contributed by atoms with Crippen molar-refractivity contribution in [1.29, 1.82) is 0 Å². The first kappa shape index (κ1) is 13.4. The lowest BCUT2D eigenvalue weighted by Gasteiger charge is -2.10. The lowest BCUT2D eigenvalue weighted by atomic mass is 10.2. The molecule has 21 heavy (non-hydrogen) atoms. The molecule has 5 heteroatoms. The summed E-state index contributed by atoms with van der Waals surface area (Å²) < 4.78 is 24.2. The number of amides is 1. The summed E-state index contributed by atoms with van der Waals surface area (Å²) in [6.07, 6.45) is 0.805. The van der Waals surface area contributed by atoms with E-state index in [1.807, 2.05) is 0 Å². The number of rotatable bonds is 2. The van der Waals surface area contributed by atoms with Crippen molar-refractivity contribution in [2.75, 3.05) is 18.5 Å². The number of anilines is 1. The fourth-order valence-electron chi connectivity index (χ4n) is 2.07. The second kappa shape index (κ2) is 5.83. The van der Waals surface area contributed by atoms with E-state index in [2.05, 4.69) is 5.32 Å². The van der Waals surface area contributed by atoms with Crippen LogP contribution in [0.4, 0.5) is 10.1 Å². The van der Waals surface area contributed by atoms with E-state index in [0.29, 0.717) is 36.0 Å². The number of halogens is 1. The van der Waals surface area contributed by atoms with E-state index in [1.165, 1.54) is 12.1 Å². The van der Waals surface area contributed by atoms with Gasteiger partial charge in [-0.3, -0.25) is 4.79 Å². The predicted molar refractivity (Wildman–Crippen MR) is 76.4 cm³/mol. The zero-order valence-electron chi connectivity index (χ0n) is 11.3. The molecule has 0 spiro atoms. The molecule has 2 aromatic rings. The highest BCUT2D eigenvalue weighted by molar-refractivity contribution is 6.04. The first-order valence-corrected chi connectivity index (χ1v) is 6.69. The monoisotopic (exact) mass is 287 g/mol. The van der Waals surface area contributed by atoms with Crippen LogP contribution in [0.2, 0.25) is 0 Å². The summed E-state index contributed by atoms with van der Waals surface area (Å²) in [7, 11) is 0. The van der Waals surface area contributed by atoms with Crippen molar-refractivity contribution in [3.8, 4) is 11.5 Å². The van der Waals surface area contributed by atoms with Gasteiger partial charge in [0.15, 0.2) is 11.5 Å². The van der Waals surface area contributed by atoms with E-state index < -0.39 is 5.82 Å². The second-order valence-corrected chi connectivity index (χ2v) is 4.68. The maximum atomic E-state index is 13.1. The van der Waals surface area contributed by atoms with Gasteiger partial charge in [0.05, 0.1) is 13.2 Å². The summed E-state index contributed by atoms with van der Waals surface area (Å²) >= 11 is 0. The summed E-state index contributed by atoms with van der Waals surface area (Å²) in [5.41, 5.74) is 0.843. The van der Waals surface area contributed by atoms with Gasteiger partial charge < -0.3 is 14.8 Å². The summed E-state index contributed by atoms with van der Waals surface area (Å²) in [6, 6.07) is 10.8. The third-order valence-corrected chi connectivity index (χ3v) is 3.09. The van der Waals surface area contributed by atoms with Crippen LogP contribution in [0.15, 0.2) is 42.5 Å². The van der Waals surface area contributed by atoms with Gasteiger partial charge in [0.1, 0.15) is 5.82 Å². The predicted octanol–water partition coefficient (Wildman–Crippen LogP) is 3.24. The Labute approximate surface area is 121 Å². The molecule has 0 bridgehead atoms. The van der Waals surface area contributed by atoms with Gasteiger partial charge >= 0.3 is 0 Å². The van der Waals surface area contributed by atoms with E-state index >= 15 is 0 Å². The van der Waals surface area contributed by atoms with Gasteiger partial charge in [0, 0.05) is 17.7 Å². The SMILES string of the molecule is O=C(Nc1cccc(F)c1)c1ccc2c(c1)OCCCO2. The van der Waals surface area contributed by atoms with Crippen LogP contribution in [0, 0.1) is 5.82 Å².